The van der Waals surface area contributed by atoms with Gasteiger partial charge >= 0.3 is 0 Å². The number of nitrogens with one attached hydrogen (secondary N) is 1. The molecule has 0 spiro atoms. The van der Waals surface area contributed by atoms with Gasteiger partial charge in [-0.1, -0.05) is 11.8 Å². The molecule has 2 aromatic heterocycles. The number of rotatable bonds is 7. The van der Waals surface area contributed by atoms with Gasteiger partial charge in [0.15, 0.2) is 16.8 Å². The summed E-state index contributed by atoms with van der Waals surface area (Å²) in [5.41, 5.74) is 0.961. The van der Waals surface area contributed by atoms with Crippen LogP contribution in [0.2, 0.25) is 0 Å². The molecule has 0 aliphatic heterocycles. The summed E-state index contributed by atoms with van der Waals surface area (Å²) in [5.74, 6) is -0.400. The van der Waals surface area contributed by atoms with Crippen LogP contribution in [-0.4, -0.2) is 37.0 Å². The van der Waals surface area contributed by atoms with Gasteiger partial charge < -0.3 is 5.41 Å². The van der Waals surface area contributed by atoms with E-state index in [-0.39, 0.29) is 17.2 Å². The van der Waals surface area contributed by atoms with Crippen LogP contribution in [0.5, 0.6) is 0 Å². The first-order valence-corrected chi connectivity index (χ1v) is 8.56. The lowest BCUT2D eigenvalue weighted by Gasteiger charge is -2.09. The summed E-state index contributed by atoms with van der Waals surface area (Å²) in [7, 11) is 0. The highest BCUT2D eigenvalue weighted by molar-refractivity contribution is 7.99. The Balaban J connectivity index is 1.80. The Hall–Kier alpha value is -2.53. The normalized spacial score (nSPS) is 14.8. The molecule has 2 heterocycles. The van der Waals surface area contributed by atoms with Crippen molar-refractivity contribution in [3.8, 4) is 17.5 Å². The van der Waals surface area contributed by atoms with Gasteiger partial charge in [-0.15, -0.1) is 10.2 Å². The fourth-order valence-corrected chi connectivity index (χ4v) is 3.27. The second kappa shape index (κ2) is 6.93. The lowest BCUT2D eigenvalue weighted by molar-refractivity contribution is -0.117. The Morgan fingerprint density at radius 1 is 1.54 bits per heavy atom. The van der Waals surface area contributed by atoms with Crippen LogP contribution in [0.4, 0.5) is 0 Å². The highest BCUT2D eigenvalue weighted by Gasteiger charge is 2.31. The predicted molar refractivity (Wildman–Crippen MR) is 89.8 cm³/mol. The lowest BCUT2D eigenvalue weighted by Crippen LogP contribution is -2.21. The Morgan fingerprint density at radius 2 is 2.33 bits per heavy atom. The molecule has 0 radical (unpaired) electrons. The van der Waals surface area contributed by atoms with E-state index >= 15 is 0 Å². The van der Waals surface area contributed by atoms with Gasteiger partial charge in [0, 0.05) is 29.7 Å². The van der Waals surface area contributed by atoms with Crippen LogP contribution in [-0.2, 0) is 4.79 Å². The van der Waals surface area contributed by atoms with Crippen LogP contribution >= 0.6 is 11.8 Å². The van der Waals surface area contributed by atoms with Crippen molar-refractivity contribution in [1.82, 2.24) is 19.7 Å². The quantitative estimate of drug-likeness (QED) is 0.613. The van der Waals surface area contributed by atoms with Crippen LogP contribution < -0.4 is 0 Å². The van der Waals surface area contributed by atoms with Crippen molar-refractivity contribution in [2.45, 2.75) is 31.0 Å². The molecule has 24 heavy (non-hydrogen) atoms. The van der Waals surface area contributed by atoms with Crippen LogP contribution in [0, 0.1) is 22.7 Å². The number of nitriles is 1. The van der Waals surface area contributed by atoms with Gasteiger partial charge in [0.1, 0.15) is 5.92 Å². The molecule has 1 saturated carbocycles. The van der Waals surface area contributed by atoms with Crippen molar-refractivity contribution in [3.63, 3.8) is 0 Å². The van der Waals surface area contributed by atoms with Gasteiger partial charge in [-0.25, -0.2) is 0 Å². The van der Waals surface area contributed by atoms with Crippen molar-refractivity contribution < 1.29 is 4.79 Å². The average molecular weight is 340 g/mol. The first kappa shape index (κ1) is 16.3. The molecule has 122 valence electrons. The average Bonchev–Trinajstić information content (AvgIpc) is 3.33. The number of ketones is 1. The number of hydrogen-bond acceptors (Lipinski definition) is 7. The third kappa shape index (κ3) is 3.36. The Kier molecular flexibility index (Phi) is 4.71. The van der Waals surface area contributed by atoms with E-state index in [0.717, 1.165) is 24.2 Å². The molecule has 1 atom stereocenters. The number of carbonyl (C=O) groups is 1. The molecule has 1 aliphatic carbocycles. The van der Waals surface area contributed by atoms with E-state index in [1.165, 1.54) is 18.7 Å². The highest BCUT2D eigenvalue weighted by atomic mass is 32.2. The minimum absolute atomic E-state index is 0.0720. The number of thioether (sulfide) groups is 1. The van der Waals surface area contributed by atoms with E-state index in [4.69, 9.17) is 10.7 Å². The first-order chi connectivity index (χ1) is 11.6. The van der Waals surface area contributed by atoms with E-state index in [2.05, 4.69) is 15.2 Å². The monoisotopic (exact) mass is 340 g/mol. The summed E-state index contributed by atoms with van der Waals surface area (Å²) in [6.07, 6.45) is 5.57. The topological polar surface area (TPSA) is 108 Å². The van der Waals surface area contributed by atoms with Crippen LogP contribution in [0.3, 0.4) is 0 Å². The molecule has 0 amide bonds. The van der Waals surface area contributed by atoms with Crippen molar-refractivity contribution in [1.29, 1.82) is 10.7 Å². The van der Waals surface area contributed by atoms with E-state index in [1.54, 1.807) is 12.4 Å². The third-order valence-corrected chi connectivity index (χ3v) is 4.69. The fourth-order valence-electron chi connectivity index (χ4n) is 2.36. The first-order valence-electron chi connectivity index (χ1n) is 7.57. The number of carbonyl (C=O) groups excluding carboxylic acids is 1. The van der Waals surface area contributed by atoms with Crippen LogP contribution in [0.15, 0.2) is 29.7 Å². The zero-order valence-corrected chi connectivity index (χ0v) is 14.0. The standard InChI is InChI=1S/C16H16N6OS/c1-10(18)13(7-17)14(23)9-24-16-21-20-15(22(16)12-4-5-12)11-3-2-6-19-8-11/h2-3,6,8,12-13,18H,4-5,9H2,1H3. The van der Waals surface area contributed by atoms with Crippen molar-refractivity contribution in [2.75, 3.05) is 5.75 Å². The SMILES string of the molecule is CC(=N)C(C#N)C(=O)CSc1nnc(-c2cccnc2)n1C1CC1. The summed E-state index contributed by atoms with van der Waals surface area (Å²) in [5, 5.41) is 25.7. The number of aromatic nitrogens is 4. The minimum Gasteiger partial charge on any atom is -0.308 e. The van der Waals surface area contributed by atoms with Gasteiger partial charge in [-0.05, 0) is 31.9 Å². The van der Waals surface area contributed by atoms with E-state index < -0.39 is 5.92 Å². The minimum atomic E-state index is -0.979. The summed E-state index contributed by atoms with van der Waals surface area (Å²) < 4.78 is 2.05. The molecule has 0 aromatic carbocycles. The Labute approximate surface area is 143 Å². The largest absolute Gasteiger partial charge is 0.308 e. The molecule has 7 nitrogen and oxygen atoms in total. The maximum absolute atomic E-state index is 12.1. The van der Waals surface area contributed by atoms with Crippen molar-refractivity contribution >= 4 is 23.3 Å². The summed E-state index contributed by atoms with van der Waals surface area (Å²) in [4.78, 5) is 16.2. The fraction of sp³-hybridized carbons (Fsp3) is 0.375. The molecular formula is C16H16N6OS. The Bertz CT molecular complexity index is 806. The molecular weight excluding hydrogens is 324 g/mol. The smallest absolute Gasteiger partial charge is 0.192 e. The van der Waals surface area contributed by atoms with E-state index in [0.29, 0.717) is 11.2 Å². The summed E-state index contributed by atoms with van der Waals surface area (Å²) >= 11 is 1.27. The molecule has 1 fully saturated rings. The number of nitrogens with zero attached hydrogens (tertiary/aromatic N) is 5. The molecule has 3 rings (SSSR count). The zero-order chi connectivity index (χ0) is 17.1. The maximum atomic E-state index is 12.1. The van der Waals surface area contributed by atoms with E-state index in [1.807, 2.05) is 22.8 Å². The van der Waals surface area contributed by atoms with Crippen molar-refractivity contribution in [2.24, 2.45) is 5.92 Å². The third-order valence-electron chi connectivity index (χ3n) is 3.72. The molecule has 1 N–H and O–H groups in total. The van der Waals surface area contributed by atoms with Crippen LogP contribution in [0.25, 0.3) is 11.4 Å². The number of Topliss-reactive ketones (excluding diaryl/α,β-unsaturated/α-hetero) is 1. The number of hydrogen-bond donors (Lipinski definition) is 1. The highest BCUT2D eigenvalue weighted by Crippen LogP contribution is 2.40. The molecule has 1 unspecified atom stereocenters. The molecule has 1 aliphatic rings. The maximum Gasteiger partial charge on any atom is 0.192 e. The van der Waals surface area contributed by atoms with Crippen molar-refractivity contribution in [3.05, 3.63) is 24.5 Å². The summed E-state index contributed by atoms with van der Waals surface area (Å²) in [6, 6.07) is 6.01. The summed E-state index contributed by atoms with van der Waals surface area (Å²) in [6.45, 7) is 1.48. The second-order valence-electron chi connectivity index (χ2n) is 5.65. The second-order valence-corrected chi connectivity index (χ2v) is 6.59. The molecule has 8 heteroatoms. The van der Waals surface area contributed by atoms with Gasteiger partial charge in [0.25, 0.3) is 0 Å². The van der Waals surface area contributed by atoms with Gasteiger partial charge in [-0.2, -0.15) is 5.26 Å². The predicted octanol–water partition coefficient (Wildman–Crippen LogP) is 2.52. The molecule has 0 saturated heterocycles. The van der Waals surface area contributed by atoms with Gasteiger partial charge in [0.2, 0.25) is 0 Å². The zero-order valence-electron chi connectivity index (χ0n) is 13.1. The molecule has 2 aromatic rings. The molecule has 0 bridgehead atoms. The van der Waals surface area contributed by atoms with Crippen LogP contribution in [0.1, 0.15) is 25.8 Å². The Morgan fingerprint density at radius 3 is 2.92 bits per heavy atom. The number of pyridine rings is 1. The van der Waals surface area contributed by atoms with Gasteiger partial charge in [0.05, 0.1) is 11.8 Å². The van der Waals surface area contributed by atoms with Gasteiger partial charge in [-0.3, -0.25) is 14.3 Å². The lowest BCUT2D eigenvalue weighted by atomic mass is 10.0. The van der Waals surface area contributed by atoms with E-state index in [9.17, 15) is 4.79 Å².